The van der Waals surface area contributed by atoms with Gasteiger partial charge in [-0.15, -0.1) is 0 Å². The van der Waals surface area contributed by atoms with Crippen molar-refractivity contribution in [2.45, 2.75) is 18.9 Å². The van der Waals surface area contributed by atoms with Crippen LogP contribution < -0.4 is 0 Å². The number of hydrogen-bond donors (Lipinski definition) is 0. The molecule has 0 N–H and O–H groups in total. The molecule has 24 heavy (non-hydrogen) atoms. The summed E-state index contributed by atoms with van der Waals surface area (Å²) < 4.78 is 14.6. The quantitative estimate of drug-likeness (QED) is 0.404. The van der Waals surface area contributed by atoms with Crippen molar-refractivity contribution in [3.05, 3.63) is 65.5 Å². The molecule has 0 aliphatic rings. The number of benzene rings is 1. The van der Waals surface area contributed by atoms with Crippen LogP contribution in [0.4, 0.5) is 4.39 Å². The third-order valence-corrected chi connectivity index (χ3v) is 4.30. The largest absolute Gasteiger partial charge is 0.293 e. The molecule has 7 heteroatoms. The second-order valence-corrected chi connectivity index (χ2v) is 6.27. The van der Waals surface area contributed by atoms with E-state index in [1.54, 1.807) is 10.7 Å². The molecule has 0 aliphatic carbocycles. The van der Waals surface area contributed by atoms with Gasteiger partial charge in [-0.2, -0.15) is 5.10 Å². The van der Waals surface area contributed by atoms with Crippen LogP contribution in [-0.2, 0) is 0 Å². The van der Waals surface area contributed by atoms with Gasteiger partial charge in [0.1, 0.15) is 17.2 Å². The third kappa shape index (κ3) is 3.68. The summed E-state index contributed by atoms with van der Waals surface area (Å²) in [5.74, 6) is 0.447. The van der Waals surface area contributed by atoms with Crippen molar-refractivity contribution < 1.29 is 9.18 Å². The maximum absolute atomic E-state index is 12.9. The number of halogens is 1. The minimum absolute atomic E-state index is 0.0775. The zero-order valence-electron chi connectivity index (χ0n) is 13.2. The lowest BCUT2D eigenvalue weighted by Crippen LogP contribution is -2.05. The molecule has 0 radical (unpaired) electrons. The van der Waals surface area contributed by atoms with E-state index >= 15 is 0 Å². The molecule has 0 saturated carbocycles. The summed E-state index contributed by atoms with van der Waals surface area (Å²) >= 11 is 1.31. The molecule has 2 aromatic heterocycles. The van der Waals surface area contributed by atoms with Gasteiger partial charge in [-0.1, -0.05) is 11.8 Å². The highest BCUT2D eigenvalue weighted by atomic mass is 32.2. The number of carbonyl (C=O) groups excluding carboxylic acids is 1. The maximum atomic E-state index is 12.9. The van der Waals surface area contributed by atoms with Gasteiger partial charge in [-0.05, 0) is 44.2 Å². The molecular weight excluding hydrogens is 327 g/mol. The van der Waals surface area contributed by atoms with Crippen LogP contribution >= 0.6 is 11.8 Å². The zero-order valence-corrected chi connectivity index (χ0v) is 14.0. The molecule has 0 aliphatic heterocycles. The van der Waals surface area contributed by atoms with Crippen LogP contribution in [0.5, 0.6) is 0 Å². The highest BCUT2D eigenvalue weighted by Crippen LogP contribution is 2.19. The van der Waals surface area contributed by atoms with E-state index in [9.17, 15) is 9.18 Å². The van der Waals surface area contributed by atoms with Gasteiger partial charge in [0.25, 0.3) is 0 Å². The summed E-state index contributed by atoms with van der Waals surface area (Å²) in [4.78, 5) is 20.5. The number of thioether (sulfide) groups is 1. The molecule has 0 bridgehead atoms. The van der Waals surface area contributed by atoms with Crippen LogP contribution in [0.25, 0.3) is 5.82 Å². The van der Waals surface area contributed by atoms with Gasteiger partial charge in [0, 0.05) is 17.3 Å². The van der Waals surface area contributed by atoms with Crippen LogP contribution in [0.3, 0.4) is 0 Å². The molecule has 2 heterocycles. The number of carbonyl (C=O) groups is 1. The SMILES string of the molecule is Cc1cc(C)n(-c2cc(SCC(=O)c3ccc(F)cc3)ncn2)n1. The summed E-state index contributed by atoms with van der Waals surface area (Å²) in [6.45, 7) is 3.87. The number of hydrogen-bond acceptors (Lipinski definition) is 5. The highest BCUT2D eigenvalue weighted by molar-refractivity contribution is 7.99. The van der Waals surface area contributed by atoms with E-state index in [4.69, 9.17) is 0 Å². The zero-order chi connectivity index (χ0) is 17.1. The molecule has 122 valence electrons. The van der Waals surface area contributed by atoms with E-state index < -0.39 is 0 Å². The van der Waals surface area contributed by atoms with Crippen molar-refractivity contribution in [1.29, 1.82) is 0 Å². The Bertz CT molecular complexity index is 877. The number of aromatic nitrogens is 4. The first-order valence-corrected chi connectivity index (χ1v) is 8.29. The van der Waals surface area contributed by atoms with E-state index in [0.29, 0.717) is 16.4 Å². The summed E-state index contributed by atoms with van der Waals surface area (Å²) in [5, 5.41) is 5.07. The summed E-state index contributed by atoms with van der Waals surface area (Å²) in [6.07, 6.45) is 1.45. The Balaban J connectivity index is 1.72. The first-order valence-electron chi connectivity index (χ1n) is 7.30. The predicted octanol–water partition coefficient (Wildman–Crippen LogP) is 3.39. The van der Waals surface area contributed by atoms with Crippen LogP contribution in [0.15, 0.2) is 47.8 Å². The summed E-state index contributed by atoms with van der Waals surface area (Å²) in [5.41, 5.74) is 2.37. The monoisotopic (exact) mass is 342 g/mol. The molecule has 1 aromatic carbocycles. The molecule has 0 fully saturated rings. The van der Waals surface area contributed by atoms with Crippen molar-refractivity contribution in [2.24, 2.45) is 0 Å². The van der Waals surface area contributed by atoms with Gasteiger partial charge < -0.3 is 0 Å². The van der Waals surface area contributed by atoms with Gasteiger partial charge in [0.15, 0.2) is 11.6 Å². The van der Waals surface area contributed by atoms with Gasteiger partial charge in [-0.3, -0.25) is 4.79 Å². The first-order chi connectivity index (χ1) is 11.5. The number of ketones is 1. The lowest BCUT2D eigenvalue weighted by molar-refractivity contribution is 0.102. The normalized spacial score (nSPS) is 10.8. The molecule has 0 amide bonds. The lowest BCUT2D eigenvalue weighted by Gasteiger charge is -2.05. The molecule has 0 unspecified atom stereocenters. The molecule has 0 atom stereocenters. The second-order valence-electron chi connectivity index (χ2n) is 5.27. The maximum Gasteiger partial charge on any atom is 0.173 e. The lowest BCUT2D eigenvalue weighted by atomic mass is 10.1. The molecule has 0 spiro atoms. The van der Waals surface area contributed by atoms with Crippen LogP contribution in [-0.4, -0.2) is 31.3 Å². The minimum atomic E-state index is -0.357. The third-order valence-electron chi connectivity index (χ3n) is 3.37. The molecular formula is C17H15FN4OS. The Labute approximate surface area is 143 Å². The Morgan fingerprint density at radius 3 is 2.58 bits per heavy atom. The van der Waals surface area contributed by atoms with Gasteiger partial charge in [-0.25, -0.2) is 19.0 Å². The van der Waals surface area contributed by atoms with Crippen LogP contribution in [0, 0.1) is 19.7 Å². The van der Waals surface area contributed by atoms with E-state index in [0.717, 1.165) is 11.4 Å². The van der Waals surface area contributed by atoms with Crippen molar-refractivity contribution in [3.8, 4) is 5.82 Å². The number of nitrogens with zero attached hydrogens (tertiary/aromatic N) is 4. The van der Waals surface area contributed by atoms with Gasteiger partial charge in [0.2, 0.25) is 0 Å². The van der Waals surface area contributed by atoms with Gasteiger partial charge >= 0.3 is 0 Å². The van der Waals surface area contributed by atoms with Crippen molar-refractivity contribution >= 4 is 17.5 Å². The van der Waals surface area contributed by atoms with Crippen LogP contribution in [0.2, 0.25) is 0 Å². The van der Waals surface area contributed by atoms with E-state index in [-0.39, 0.29) is 17.4 Å². The average Bonchev–Trinajstić information content (AvgIpc) is 2.92. The van der Waals surface area contributed by atoms with E-state index in [1.165, 1.54) is 42.4 Å². The summed E-state index contributed by atoms with van der Waals surface area (Å²) in [6, 6.07) is 9.29. The highest BCUT2D eigenvalue weighted by Gasteiger charge is 2.10. The standard InChI is InChI=1S/C17H15FN4OS/c1-11-7-12(2)22(21-11)16-8-17(20-10-19-16)24-9-15(23)13-3-5-14(18)6-4-13/h3-8,10H,9H2,1-2H3. The Kier molecular flexibility index (Phi) is 4.71. The van der Waals surface area contributed by atoms with Crippen molar-refractivity contribution in [2.75, 3.05) is 5.75 Å². The Morgan fingerprint density at radius 2 is 1.92 bits per heavy atom. The topological polar surface area (TPSA) is 60.7 Å². The molecule has 0 saturated heterocycles. The summed E-state index contributed by atoms with van der Waals surface area (Å²) in [7, 11) is 0. The number of aryl methyl sites for hydroxylation is 2. The second kappa shape index (κ2) is 6.92. The molecule has 3 rings (SSSR count). The molecule has 5 nitrogen and oxygen atoms in total. The van der Waals surface area contributed by atoms with E-state index in [1.807, 2.05) is 19.9 Å². The Hall–Kier alpha value is -2.54. The van der Waals surface area contributed by atoms with Crippen molar-refractivity contribution in [3.63, 3.8) is 0 Å². The number of Topliss-reactive ketones (excluding diaryl/α,β-unsaturated/α-hetero) is 1. The van der Waals surface area contributed by atoms with Crippen molar-refractivity contribution in [1.82, 2.24) is 19.7 Å². The van der Waals surface area contributed by atoms with Gasteiger partial charge in [0.05, 0.1) is 11.4 Å². The average molecular weight is 342 g/mol. The molecule has 3 aromatic rings. The fraction of sp³-hybridized carbons (Fsp3) is 0.176. The Morgan fingerprint density at radius 1 is 1.17 bits per heavy atom. The first kappa shape index (κ1) is 16.3. The minimum Gasteiger partial charge on any atom is -0.293 e. The fourth-order valence-corrected chi connectivity index (χ4v) is 3.00. The van der Waals surface area contributed by atoms with Crippen LogP contribution in [0.1, 0.15) is 21.7 Å². The smallest absolute Gasteiger partial charge is 0.173 e. The van der Waals surface area contributed by atoms with E-state index in [2.05, 4.69) is 15.1 Å². The number of rotatable bonds is 5. The predicted molar refractivity (Wildman–Crippen MR) is 90.1 cm³/mol. The fourth-order valence-electron chi connectivity index (χ4n) is 2.24.